The second kappa shape index (κ2) is 9.39. The summed E-state index contributed by atoms with van der Waals surface area (Å²) in [6.45, 7) is 2.71. The smallest absolute Gasteiger partial charge is 0.193 e. The van der Waals surface area contributed by atoms with Gasteiger partial charge in [-0.1, -0.05) is 31.2 Å². The molecular formula is C18H25IN4. The zero-order chi connectivity index (χ0) is 15.9. The molecule has 0 aromatic heterocycles. The van der Waals surface area contributed by atoms with Crippen molar-refractivity contribution in [2.24, 2.45) is 10.7 Å². The van der Waals surface area contributed by atoms with Crippen LogP contribution in [0.25, 0.3) is 0 Å². The number of halogens is 1. The molecule has 2 rings (SSSR count). The number of guanidine groups is 1. The average molecular weight is 424 g/mol. The molecule has 0 aliphatic carbocycles. The van der Waals surface area contributed by atoms with E-state index in [9.17, 15) is 0 Å². The van der Waals surface area contributed by atoms with Crippen LogP contribution in [0.2, 0.25) is 0 Å². The van der Waals surface area contributed by atoms with E-state index in [1.54, 1.807) is 0 Å². The van der Waals surface area contributed by atoms with Gasteiger partial charge in [-0.15, -0.1) is 24.0 Å². The molecule has 0 saturated heterocycles. The first-order chi connectivity index (χ1) is 10.6. The highest BCUT2D eigenvalue weighted by Gasteiger charge is 1.98. The van der Waals surface area contributed by atoms with Crippen LogP contribution in [-0.2, 0) is 13.0 Å². The van der Waals surface area contributed by atoms with Gasteiger partial charge in [-0.3, -0.25) is 0 Å². The normalized spacial score (nSPS) is 10.8. The summed E-state index contributed by atoms with van der Waals surface area (Å²) < 4.78 is 0. The van der Waals surface area contributed by atoms with Crippen LogP contribution in [0.4, 0.5) is 11.4 Å². The number of aryl methyl sites for hydroxylation is 1. The Kier molecular flexibility index (Phi) is 7.88. The number of hydrogen-bond donors (Lipinski definition) is 2. The Hall–Kier alpha value is -1.76. The van der Waals surface area contributed by atoms with E-state index in [-0.39, 0.29) is 24.0 Å². The predicted molar refractivity (Wildman–Crippen MR) is 111 cm³/mol. The van der Waals surface area contributed by atoms with Gasteiger partial charge in [0.25, 0.3) is 0 Å². The lowest BCUT2D eigenvalue weighted by Gasteiger charge is -2.12. The van der Waals surface area contributed by atoms with Crippen LogP contribution in [-0.4, -0.2) is 20.1 Å². The highest BCUT2D eigenvalue weighted by Crippen LogP contribution is 2.13. The van der Waals surface area contributed by atoms with E-state index in [2.05, 4.69) is 58.5 Å². The summed E-state index contributed by atoms with van der Waals surface area (Å²) in [6, 6.07) is 16.5. The maximum absolute atomic E-state index is 5.93. The van der Waals surface area contributed by atoms with Crippen molar-refractivity contribution < 1.29 is 0 Å². The minimum absolute atomic E-state index is 0. The van der Waals surface area contributed by atoms with E-state index in [1.807, 2.05) is 26.2 Å². The highest BCUT2D eigenvalue weighted by molar-refractivity contribution is 14.0. The molecule has 0 atom stereocenters. The van der Waals surface area contributed by atoms with Gasteiger partial charge in [0, 0.05) is 25.5 Å². The summed E-state index contributed by atoms with van der Waals surface area (Å²) in [6.07, 6.45) is 1.03. The van der Waals surface area contributed by atoms with E-state index in [1.165, 1.54) is 11.3 Å². The highest BCUT2D eigenvalue weighted by atomic mass is 127. The van der Waals surface area contributed by atoms with Gasteiger partial charge < -0.3 is 16.0 Å². The molecule has 23 heavy (non-hydrogen) atoms. The summed E-state index contributed by atoms with van der Waals surface area (Å²) in [5.41, 5.74) is 10.5. The standard InChI is InChI=1S/C18H24N4.HI/c1-4-14-5-9-16(10-6-14)21-18(19)20-13-15-7-11-17(12-8-15)22(2)3;/h5-12H,4,13H2,1-3H3,(H3,19,20,21);1H. The van der Waals surface area contributed by atoms with Crippen molar-refractivity contribution in [3.63, 3.8) is 0 Å². The molecule has 0 fully saturated rings. The SMILES string of the molecule is CCc1ccc(NC(N)=NCc2ccc(N(C)C)cc2)cc1.I. The molecule has 124 valence electrons. The molecule has 0 saturated carbocycles. The number of hydrogen-bond acceptors (Lipinski definition) is 2. The van der Waals surface area contributed by atoms with Crippen LogP contribution >= 0.6 is 24.0 Å². The lowest BCUT2D eigenvalue weighted by Crippen LogP contribution is -2.22. The number of anilines is 2. The Morgan fingerprint density at radius 2 is 1.57 bits per heavy atom. The second-order valence-electron chi connectivity index (χ2n) is 5.44. The molecule has 0 aliphatic heterocycles. The molecule has 0 spiro atoms. The molecule has 5 heteroatoms. The Bertz CT molecular complexity index is 618. The van der Waals surface area contributed by atoms with Gasteiger partial charge >= 0.3 is 0 Å². The number of benzene rings is 2. The zero-order valence-electron chi connectivity index (χ0n) is 13.9. The summed E-state index contributed by atoms with van der Waals surface area (Å²) in [5.74, 6) is 0.431. The van der Waals surface area contributed by atoms with Crippen molar-refractivity contribution in [3.05, 3.63) is 59.7 Å². The van der Waals surface area contributed by atoms with Crippen LogP contribution in [0.1, 0.15) is 18.1 Å². The first kappa shape index (κ1) is 19.3. The summed E-state index contributed by atoms with van der Waals surface area (Å²) in [5, 5.41) is 3.11. The molecular weight excluding hydrogens is 399 g/mol. The summed E-state index contributed by atoms with van der Waals surface area (Å²) >= 11 is 0. The third-order valence-electron chi connectivity index (χ3n) is 3.52. The van der Waals surface area contributed by atoms with E-state index >= 15 is 0 Å². The number of nitrogens with two attached hydrogens (primary N) is 1. The topological polar surface area (TPSA) is 53.6 Å². The van der Waals surface area contributed by atoms with E-state index in [0.29, 0.717) is 12.5 Å². The number of nitrogens with one attached hydrogen (secondary N) is 1. The van der Waals surface area contributed by atoms with Gasteiger partial charge in [-0.05, 0) is 41.8 Å². The third kappa shape index (κ3) is 6.09. The fourth-order valence-electron chi connectivity index (χ4n) is 2.09. The van der Waals surface area contributed by atoms with Crippen LogP contribution in [0, 0.1) is 0 Å². The Morgan fingerprint density at radius 1 is 1.00 bits per heavy atom. The maximum atomic E-state index is 5.93. The Morgan fingerprint density at radius 3 is 2.09 bits per heavy atom. The second-order valence-corrected chi connectivity index (χ2v) is 5.44. The summed E-state index contributed by atoms with van der Waals surface area (Å²) in [4.78, 5) is 6.45. The van der Waals surface area contributed by atoms with Crippen molar-refractivity contribution in [2.45, 2.75) is 19.9 Å². The fourth-order valence-corrected chi connectivity index (χ4v) is 2.09. The van der Waals surface area contributed by atoms with Crippen LogP contribution in [0.15, 0.2) is 53.5 Å². The Labute approximate surface area is 155 Å². The molecule has 0 unspecified atom stereocenters. The van der Waals surface area contributed by atoms with Gasteiger partial charge in [0.05, 0.1) is 6.54 Å². The molecule has 2 aromatic rings. The van der Waals surface area contributed by atoms with Gasteiger partial charge in [0.1, 0.15) is 0 Å². The maximum Gasteiger partial charge on any atom is 0.193 e. The van der Waals surface area contributed by atoms with E-state index in [4.69, 9.17) is 5.73 Å². The first-order valence-corrected chi connectivity index (χ1v) is 7.50. The van der Waals surface area contributed by atoms with Crippen molar-refractivity contribution in [2.75, 3.05) is 24.3 Å². The van der Waals surface area contributed by atoms with Gasteiger partial charge in [-0.2, -0.15) is 0 Å². The minimum Gasteiger partial charge on any atom is -0.378 e. The van der Waals surface area contributed by atoms with Crippen molar-refractivity contribution in [3.8, 4) is 0 Å². The molecule has 0 bridgehead atoms. The monoisotopic (exact) mass is 424 g/mol. The quantitative estimate of drug-likeness (QED) is 0.436. The lowest BCUT2D eigenvalue weighted by atomic mass is 10.1. The molecule has 3 N–H and O–H groups in total. The molecule has 0 heterocycles. The van der Waals surface area contributed by atoms with Gasteiger partial charge in [0.15, 0.2) is 5.96 Å². The zero-order valence-corrected chi connectivity index (χ0v) is 16.2. The molecule has 0 amide bonds. The lowest BCUT2D eigenvalue weighted by molar-refractivity contribution is 1.05. The number of rotatable bonds is 5. The number of aliphatic imine (C=N–C) groups is 1. The molecule has 2 aromatic carbocycles. The van der Waals surface area contributed by atoms with Gasteiger partial charge in [0.2, 0.25) is 0 Å². The van der Waals surface area contributed by atoms with E-state index < -0.39 is 0 Å². The van der Waals surface area contributed by atoms with E-state index in [0.717, 1.165) is 17.7 Å². The van der Waals surface area contributed by atoms with Crippen LogP contribution < -0.4 is 16.0 Å². The van der Waals surface area contributed by atoms with Crippen molar-refractivity contribution in [1.29, 1.82) is 0 Å². The van der Waals surface area contributed by atoms with Crippen LogP contribution in [0.3, 0.4) is 0 Å². The molecule has 0 aliphatic rings. The molecule has 4 nitrogen and oxygen atoms in total. The predicted octanol–water partition coefficient (Wildman–Crippen LogP) is 3.86. The first-order valence-electron chi connectivity index (χ1n) is 7.50. The van der Waals surface area contributed by atoms with Crippen molar-refractivity contribution >= 4 is 41.3 Å². The van der Waals surface area contributed by atoms with Crippen LogP contribution in [0.5, 0.6) is 0 Å². The third-order valence-corrected chi connectivity index (χ3v) is 3.52. The number of nitrogens with zero attached hydrogens (tertiary/aromatic N) is 2. The molecule has 0 radical (unpaired) electrons. The fraction of sp³-hybridized carbons (Fsp3) is 0.278. The minimum atomic E-state index is 0. The average Bonchev–Trinajstić information content (AvgIpc) is 2.54. The Balaban J connectivity index is 0.00000264. The van der Waals surface area contributed by atoms with Gasteiger partial charge in [-0.25, -0.2) is 4.99 Å². The largest absolute Gasteiger partial charge is 0.378 e. The summed E-state index contributed by atoms with van der Waals surface area (Å²) in [7, 11) is 4.05. The van der Waals surface area contributed by atoms with Crippen molar-refractivity contribution in [1.82, 2.24) is 0 Å².